The summed E-state index contributed by atoms with van der Waals surface area (Å²) in [5.41, 5.74) is 0.873. The molecule has 0 radical (unpaired) electrons. The third-order valence-corrected chi connectivity index (χ3v) is 3.07. The minimum Gasteiger partial charge on any atom is -0.375 e. The predicted octanol–water partition coefficient (Wildman–Crippen LogP) is 1.58. The van der Waals surface area contributed by atoms with Crippen LogP contribution in [-0.2, 0) is 0 Å². The monoisotopic (exact) mass is 246 g/mol. The van der Waals surface area contributed by atoms with Crippen molar-refractivity contribution < 1.29 is 4.92 Å². The molecule has 1 atom stereocenters. The van der Waals surface area contributed by atoms with Gasteiger partial charge in [0.1, 0.15) is 5.69 Å². The largest absolute Gasteiger partial charge is 0.375 e. The molecule has 18 heavy (non-hydrogen) atoms. The SMILES string of the molecule is CN1CCC(Nc2cc(C#N)ccc2[N+](=O)[O-])C1. The van der Waals surface area contributed by atoms with Crippen molar-refractivity contribution >= 4 is 11.4 Å². The Bertz CT molecular complexity index is 509. The summed E-state index contributed by atoms with van der Waals surface area (Å²) >= 11 is 0. The van der Waals surface area contributed by atoms with Crippen molar-refractivity contribution in [1.82, 2.24) is 4.90 Å². The van der Waals surface area contributed by atoms with Gasteiger partial charge in [-0.3, -0.25) is 10.1 Å². The second-order valence-corrected chi connectivity index (χ2v) is 4.49. The van der Waals surface area contributed by atoms with Crippen molar-refractivity contribution in [3.8, 4) is 6.07 Å². The minimum atomic E-state index is -0.428. The van der Waals surface area contributed by atoms with Gasteiger partial charge in [-0.25, -0.2) is 0 Å². The highest BCUT2D eigenvalue weighted by Crippen LogP contribution is 2.27. The van der Waals surface area contributed by atoms with Crippen molar-refractivity contribution in [3.63, 3.8) is 0 Å². The van der Waals surface area contributed by atoms with Crippen LogP contribution < -0.4 is 5.32 Å². The second-order valence-electron chi connectivity index (χ2n) is 4.49. The summed E-state index contributed by atoms with van der Waals surface area (Å²) in [6.45, 7) is 1.83. The van der Waals surface area contributed by atoms with E-state index in [1.807, 2.05) is 13.1 Å². The Morgan fingerprint density at radius 1 is 1.61 bits per heavy atom. The second kappa shape index (κ2) is 5.02. The molecule has 0 spiro atoms. The first-order chi connectivity index (χ1) is 8.60. The molecule has 1 aromatic carbocycles. The number of nitriles is 1. The smallest absolute Gasteiger partial charge is 0.292 e. The van der Waals surface area contributed by atoms with Crippen LogP contribution in [-0.4, -0.2) is 36.0 Å². The van der Waals surface area contributed by atoms with E-state index < -0.39 is 4.92 Å². The highest BCUT2D eigenvalue weighted by atomic mass is 16.6. The van der Waals surface area contributed by atoms with Gasteiger partial charge >= 0.3 is 0 Å². The molecule has 0 saturated carbocycles. The molecule has 1 aliphatic rings. The summed E-state index contributed by atoms with van der Waals surface area (Å²) in [6.07, 6.45) is 0.949. The van der Waals surface area contributed by atoms with Crippen molar-refractivity contribution in [2.45, 2.75) is 12.5 Å². The summed E-state index contributed by atoms with van der Waals surface area (Å²) in [5.74, 6) is 0. The number of nitrogens with one attached hydrogen (secondary N) is 1. The Morgan fingerprint density at radius 2 is 2.39 bits per heavy atom. The van der Waals surface area contributed by atoms with E-state index in [1.165, 1.54) is 18.2 Å². The number of hydrogen-bond acceptors (Lipinski definition) is 5. The summed E-state index contributed by atoms with van der Waals surface area (Å²) in [6, 6.07) is 6.57. The van der Waals surface area contributed by atoms with Crippen LogP contribution in [0.15, 0.2) is 18.2 Å². The van der Waals surface area contributed by atoms with Gasteiger partial charge in [0.25, 0.3) is 5.69 Å². The third kappa shape index (κ3) is 2.57. The third-order valence-electron chi connectivity index (χ3n) is 3.07. The fraction of sp³-hybridized carbons (Fsp3) is 0.417. The normalized spacial score (nSPS) is 19.4. The van der Waals surface area contributed by atoms with Crippen molar-refractivity contribution in [2.75, 3.05) is 25.5 Å². The van der Waals surface area contributed by atoms with Gasteiger partial charge < -0.3 is 10.2 Å². The molecule has 2 rings (SSSR count). The van der Waals surface area contributed by atoms with E-state index in [-0.39, 0.29) is 11.7 Å². The Hall–Kier alpha value is -2.13. The molecule has 6 nitrogen and oxygen atoms in total. The zero-order valence-electron chi connectivity index (χ0n) is 10.1. The zero-order valence-corrected chi connectivity index (χ0v) is 10.1. The van der Waals surface area contributed by atoms with E-state index in [1.54, 1.807) is 0 Å². The summed E-state index contributed by atoms with van der Waals surface area (Å²) in [4.78, 5) is 12.7. The van der Waals surface area contributed by atoms with Crippen LogP contribution in [0.3, 0.4) is 0 Å². The maximum Gasteiger partial charge on any atom is 0.292 e. The van der Waals surface area contributed by atoms with Gasteiger partial charge in [0.05, 0.1) is 16.6 Å². The number of benzene rings is 1. The molecular formula is C12H14N4O2. The minimum absolute atomic E-state index is 0.0172. The number of nitrogens with zero attached hydrogens (tertiary/aromatic N) is 3. The van der Waals surface area contributed by atoms with Crippen molar-refractivity contribution in [2.24, 2.45) is 0 Å². The lowest BCUT2D eigenvalue weighted by atomic mass is 10.1. The maximum absolute atomic E-state index is 10.9. The molecule has 0 aromatic heterocycles. The lowest BCUT2D eigenvalue weighted by Crippen LogP contribution is -2.23. The molecule has 0 bridgehead atoms. The predicted molar refractivity (Wildman–Crippen MR) is 67.3 cm³/mol. The number of anilines is 1. The van der Waals surface area contributed by atoms with Crippen LogP contribution in [0.1, 0.15) is 12.0 Å². The molecule has 1 aromatic rings. The van der Waals surface area contributed by atoms with E-state index in [9.17, 15) is 10.1 Å². The molecule has 1 aliphatic heterocycles. The fourth-order valence-electron chi connectivity index (χ4n) is 2.15. The van der Waals surface area contributed by atoms with E-state index in [0.717, 1.165) is 19.5 Å². The topological polar surface area (TPSA) is 82.2 Å². The average Bonchev–Trinajstić information content (AvgIpc) is 2.74. The van der Waals surface area contributed by atoms with E-state index in [2.05, 4.69) is 10.2 Å². The summed E-state index contributed by atoms with van der Waals surface area (Å²) < 4.78 is 0. The lowest BCUT2D eigenvalue weighted by molar-refractivity contribution is -0.384. The average molecular weight is 246 g/mol. The highest BCUT2D eigenvalue weighted by molar-refractivity contribution is 5.64. The van der Waals surface area contributed by atoms with Gasteiger partial charge in [-0.1, -0.05) is 0 Å². The summed E-state index contributed by atoms with van der Waals surface area (Å²) in [5, 5.41) is 22.9. The molecule has 0 amide bonds. The Balaban J connectivity index is 2.24. The molecule has 1 N–H and O–H groups in total. The van der Waals surface area contributed by atoms with Crippen molar-refractivity contribution in [3.05, 3.63) is 33.9 Å². The first kappa shape index (κ1) is 12.3. The molecule has 0 aliphatic carbocycles. The molecule has 1 fully saturated rings. The van der Waals surface area contributed by atoms with Gasteiger partial charge in [0, 0.05) is 18.7 Å². The number of hydrogen-bond donors (Lipinski definition) is 1. The quantitative estimate of drug-likeness (QED) is 0.646. The van der Waals surface area contributed by atoms with E-state index >= 15 is 0 Å². The zero-order chi connectivity index (χ0) is 13.1. The Labute approximate surface area is 105 Å². The molecule has 1 unspecified atom stereocenters. The van der Waals surface area contributed by atoms with Crippen LogP contribution in [0.25, 0.3) is 0 Å². The molecular weight excluding hydrogens is 232 g/mol. The van der Waals surface area contributed by atoms with Crippen LogP contribution in [0, 0.1) is 21.4 Å². The summed E-state index contributed by atoms with van der Waals surface area (Å²) in [7, 11) is 2.02. The number of nitro benzene ring substituents is 1. The first-order valence-corrected chi connectivity index (χ1v) is 5.74. The van der Waals surface area contributed by atoms with Gasteiger partial charge in [-0.2, -0.15) is 5.26 Å². The van der Waals surface area contributed by atoms with Crippen LogP contribution in [0.5, 0.6) is 0 Å². The fourth-order valence-corrected chi connectivity index (χ4v) is 2.15. The Morgan fingerprint density at radius 3 is 2.94 bits per heavy atom. The lowest BCUT2D eigenvalue weighted by Gasteiger charge is -2.14. The van der Waals surface area contributed by atoms with Gasteiger partial charge in [0.15, 0.2) is 0 Å². The molecule has 1 heterocycles. The number of nitro groups is 1. The van der Waals surface area contributed by atoms with Gasteiger partial charge in [-0.15, -0.1) is 0 Å². The molecule has 1 saturated heterocycles. The first-order valence-electron chi connectivity index (χ1n) is 5.74. The Kier molecular flexibility index (Phi) is 3.44. The molecule has 94 valence electrons. The van der Waals surface area contributed by atoms with Crippen LogP contribution >= 0.6 is 0 Å². The van der Waals surface area contributed by atoms with Gasteiger partial charge in [-0.05, 0) is 32.1 Å². The number of likely N-dealkylation sites (tertiary alicyclic amines) is 1. The standard InChI is InChI=1S/C12H14N4O2/c1-15-5-4-10(8-15)14-11-6-9(7-13)2-3-12(11)16(17)18/h2-3,6,10,14H,4-5,8H2,1H3. The van der Waals surface area contributed by atoms with E-state index in [4.69, 9.17) is 5.26 Å². The highest BCUT2D eigenvalue weighted by Gasteiger charge is 2.22. The van der Waals surface area contributed by atoms with Gasteiger partial charge in [0.2, 0.25) is 0 Å². The maximum atomic E-state index is 10.9. The van der Waals surface area contributed by atoms with Crippen LogP contribution in [0.2, 0.25) is 0 Å². The van der Waals surface area contributed by atoms with Crippen molar-refractivity contribution in [1.29, 1.82) is 5.26 Å². The number of likely N-dealkylation sites (N-methyl/N-ethyl adjacent to an activating group) is 1. The van der Waals surface area contributed by atoms with Crippen LogP contribution in [0.4, 0.5) is 11.4 Å². The molecule has 6 heteroatoms. The van der Waals surface area contributed by atoms with E-state index in [0.29, 0.717) is 11.3 Å². The number of rotatable bonds is 3.